The van der Waals surface area contributed by atoms with Gasteiger partial charge >= 0.3 is 0 Å². The molecule has 20 heavy (non-hydrogen) atoms. The lowest BCUT2D eigenvalue weighted by Crippen LogP contribution is -2.38. The highest BCUT2D eigenvalue weighted by Crippen LogP contribution is 2.32. The van der Waals surface area contributed by atoms with Crippen molar-refractivity contribution < 1.29 is 0 Å². The van der Waals surface area contributed by atoms with Crippen molar-refractivity contribution in [1.29, 1.82) is 0 Å². The Morgan fingerprint density at radius 1 is 1.15 bits per heavy atom. The van der Waals surface area contributed by atoms with Crippen LogP contribution < -0.4 is 5.73 Å². The SMILES string of the molecule is Cc1cccc(CN(C)C2Cc3ccccc3C2N)c1. The Kier molecular flexibility index (Phi) is 3.60. The van der Waals surface area contributed by atoms with E-state index in [9.17, 15) is 0 Å². The average Bonchev–Trinajstić information content (AvgIpc) is 2.77. The van der Waals surface area contributed by atoms with Gasteiger partial charge < -0.3 is 5.73 Å². The van der Waals surface area contributed by atoms with Gasteiger partial charge in [-0.15, -0.1) is 0 Å². The molecule has 2 heteroatoms. The lowest BCUT2D eigenvalue weighted by molar-refractivity contribution is 0.214. The zero-order valence-corrected chi connectivity index (χ0v) is 12.2. The molecule has 0 radical (unpaired) electrons. The molecule has 104 valence electrons. The Hall–Kier alpha value is -1.64. The van der Waals surface area contributed by atoms with Crippen molar-refractivity contribution in [3.05, 3.63) is 70.8 Å². The van der Waals surface area contributed by atoms with E-state index in [0.29, 0.717) is 6.04 Å². The monoisotopic (exact) mass is 266 g/mol. The summed E-state index contributed by atoms with van der Waals surface area (Å²) in [4.78, 5) is 2.39. The number of hydrogen-bond donors (Lipinski definition) is 1. The minimum atomic E-state index is 0.126. The first-order chi connectivity index (χ1) is 9.65. The van der Waals surface area contributed by atoms with Gasteiger partial charge in [0.25, 0.3) is 0 Å². The van der Waals surface area contributed by atoms with E-state index in [1.807, 2.05) is 0 Å². The van der Waals surface area contributed by atoms with Crippen LogP contribution >= 0.6 is 0 Å². The molecule has 0 fully saturated rings. The molecule has 0 aromatic heterocycles. The van der Waals surface area contributed by atoms with Crippen molar-refractivity contribution in [3.8, 4) is 0 Å². The zero-order valence-electron chi connectivity index (χ0n) is 12.2. The zero-order chi connectivity index (χ0) is 14.1. The summed E-state index contributed by atoms with van der Waals surface area (Å²) in [5, 5.41) is 0. The number of nitrogens with zero attached hydrogens (tertiary/aromatic N) is 1. The van der Waals surface area contributed by atoms with Gasteiger partial charge in [0, 0.05) is 18.6 Å². The molecule has 0 heterocycles. The molecular weight excluding hydrogens is 244 g/mol. The van der Waals surface area contributed by atoms with Gasteiger partial charge in [0.2, 0.25) is 0 Å². The molecule has 2 aromatic rings. The number of aryl methyl sites for hydroxylation is 1. The third kappa shape index (κ3) is 2.49. The maximum absolute atomic E-state index is 6.43. The van der Waals surface area contributed by atoms with Crippen molar-refractivity contribution in [2.24, 2.45) is 5.73 Å². The molecule has 2 N–H and O–H groups in total. The predicted molar refractivity (Wildman–Crippen MR) is 83.5 cm³/mol. The minimum absolute atomic E-state index is 0.126. The number of rotatable bonds is 3. The van der Waals surface area contributed by atoms with Gasteiger partial charge in [0.15, 0.2) is 0 Å². The van der Waals surface area contributed by atoms with Gasteiger partial charge in [-0.05, 0) is 37.1 Å². The molecule has 2 atom stereocenters. The van der Waals surface area contributed by atoms with Gasteiger partial charge in [-0.25, -0.2) is 0 Å². The van der Waals surface area contributed by atoms with E-state index < -0.39 is 0 Å². The topological polar surface area (TPSA) is 29.3 Å². The standard InChI is InChI=1S/C18H22N2/c1-13-6-5-7-14(10-13)12-20(2)17-11-15-8-3-4-9-16(15)18(17)19/h3-10,17-18H,11-12,19H2,1-2H3. The lowest BCUT2D eigenvalue weighted by Gasteiger charge is -2.28. The normalized spacial score (nSPS) is 21.2. The number of benzene rings is 2. The highest BCUT2D eigenvalue weighted by molar-refractivity contribution is 5.37. The van der Waals surface area contributed by atoms with E-state index >= 15 is 0 Å². The summed E-state index contributed by atoms with van der Waals surface area (Å²) < 4.78 is 0. The first-order valence-corrected chi connectivity index (χ1v) is 7.24. The van der Waals surface area contributed by atoms with Crippen LogP contribution in [-0.2, 0) is 13.0 Å². The van der Waals surface area contributed by atoms with E-state index in [4.69, 9.17) is 5.73 Å². The van der Waals surface area contributed by atoms with Gasteiger partial charge in [-0.1, -0.05) is 54.1 Å². The highest BCUT2D eigenvalue weighted by Gasteiger charge is 2.31. The first kappa shape index (κ1) is 13.3. The van der Waals surface area contributed by atoms with Gasteiger partial charge in [-0.2, -0.15) is 0 Å². The van der Waals surface area contributed by atoms with Crippen molar-refractivity contribution in [2.75, 3.05) is 7.05 Å². The van der Waals surface area contributed by atoms with Crippen LogP contribution in [0.2, 0.25) is 0 Å². The van der Waals surface area contributed by atoms with Crippen LogP contribution in [0.1, 0.15) is 28.3 Å². The molecule has 1 aliphatic carbocycles. The Morgan fingerprint density at radius 2 is 1.95 bits per heavy atom. The molecule has 0 saturated carbocycles. The maximum Gasteiger partial charge on any atom is 0.0459 e. The minimum Gasteiger partial charge on any atom is -0.323 e. The second kappa shape index (κ2) is 5.39. The highest BCUT2D eigenvalue weighted by atomic mass is 15.1. The average molecular weight is 266 g/mol. The predicted octanol–water partition coefficient (Wildman–Crippen LogP) is 3.05. The number of hydrogen-bond acceptors (Lipinski definition) is 2. The Labute approximate surface area is 121 Å². The Balaban J connectivity index is 1.75. The number of likely N-dealkylation sites (N-methyl/N-ethyl adjacent to an activating group) is 1. The first-order valence-electron chi connectivity index (χ1n) is 7.24. The smallest absolute Gasteiger partial charge is 0.0459 e. The fourth-order valence-corrected chi connectivity index (χ4v) is 3.25. The van der Waals surface area contributed by atoms with E-state index in [-0.39, 0.29) is 6.04 Å². The Morgan fingerprint density at radius 3 is 2.70 bits per heavy atom. The molecular formula is C18H22N2. The largest absolute Gasteiger partial charge is 0.323 e. The second-order valence-corrected chi connectivity index (χ2v) is 5.90. The van der Waals surface area contributed by atoms with E-state index in [2.05, 4.69) is 67.4 Å². The van der Waals surface area contributed by atoms with Gasteiger partial charge in [-0.3, -0.25) is 4.90 Å². The summed E-state index contributed by atoms with van der Waals surface area (Å²) in [6.07, 6.45) is 1.06. The summed E-state index contributed by atoms with van der Waals surface area (Å²) in [5.41, 5.74) is 11.8. The summed E-state index contributed by atoms with van der Waals surface area (Å²) in [6, 6.07) is 17.8. The second-order valence-electron chi connectivity index (χ2n) is 5.90. The van der Waals surface area contributed by atoms with Crippen molar-refractivity contribution >= 4 is 0 Å². The quantitative estimate of drug-likeness (QED) is 0.925. The molecule has 1 aliphatic rings. The summed E-state index contributed by atoms with van der Waals surface area (Å²) in [6.45, 7) is 3.09. The van der Waals surface area contributed by atoms with Gasteiger partial charge in [0.05, 0.1) is 0 Å². The number of fused-ring (bicyclic) bond motifs is 1. The van der Waals surface area contributed by atoms with Crippen LogP contribution in [0, 0.1) is 6.92 Å². The van der Waals surface area contributed by atoms with E-state index in [0.717, 1.165) is 13.0 Å². The summed E-state index contributed by atoms with van der Waals surface area (Å²) in [7, 11) is 2.18. The molecule has 0 spiro atoms. The number of nitrogens with two attached hydrogens (primary N) is 1. The van der Waals surface area contributed by atoms with Crippen molar-refractivity contribution in [2.45, 2.75) is 32.0 Å². The fraction of sp³-hybridized carbons (Fsp3) is 0.333. The van der Waals surface area contributed by atoms with Crippen molar-refractivity contribution in [3.63, 3.8) is 0 Å². The molecule has 0 bridgehead atoms. The van der Waals surface area contributed by atoms with Crippen molar-refractivity contribution in [1.82, 2.24) is 4.90 Å². The van der Waals surface area contributed by atoms with Crippen LogP contribution in [0.3, 0.4) is 0 Å². The summed E-state index contributed by atoms with van der Waals surface area (Å²) >= 11 is 0. The van der Waals surface area contributed by atoms with Crippen LogP contribution in [0.4, 0.5) is 0 Å². The molecule has 2 unspecified atom stereocenters. The van der Waals surface area contributed by atoms with Crippen LogP contribution in [-0.4, -0.2) is 18.0 Å². The van der Waals surface area contributed by atoms with Crippen LogP contribution in [0.15, 0.2) is 48.5 Å². The third-order valence-corrected chi connectivity index (χ3v) is 4.34. The Bertz CT molecular complexity index is 606. The molecule has 0 saturated heterocycles. The fourth-order valence-electron chi connectivity index (χ4n) is 3.25. The molecule has 0 aliphatic heterocycles. The third-order valence-electron chi connectivity index (χ3n) is 4.34. The van der Waals surface area contributed by atoms with Gasteiger partial charge in [0.1, 0.15) is 0 Å². The summed E-state index contributed by atoms with van der Waals surface area (Å²) in [5.74, 6) is 0. The van der Waals surface area contributed by atoms with Crippen LogP contribution in [0.5, 0.6) is 0 Å². The van der Waals surface area contributed by atoms with E-state index in [1.54, 1.807) is 0 Å². The molecule has 0 amide bonds. The van der Waals surface area contributed by atoms with E-state index in [1.165, 1.54) is 22.3 Å². The molecule has 2 nitrogen and oxygen atoms in total. The molecule has 2 aromatic carbocycles. The lowest BCUT2D eigenvalue weighted by atomic mass is 10.1. The molecule has 3 rings (SSSR count). The van der Waals surface area contributed by atoms with Crippen LogP contribution in [0.25, 0.3) is 0 Å². The maximum atomic E-state index is 6.43.